The average molecular weight is 642 g/mol. The molecule has 0 amide bonds. The summed E-state index contributed by atoms with van der Waals surface area (Å²) in [5.74, 6) is 1.83. The van der Waals surface area contributed by atoms with E-state index in [2.05, 4.69) is 84.9 Å². The smallest absolute Gasteiger partial charge is 0.164 e. The Morgan fingerprint density at radius 2 is 0.680 bits per heavy atom. The Morgan fingerprint density at radius 1 is 0.300 bits per heavy atom. The van der Waals surface area contributed by atoms with Crippen LogP contribution in [0.5, 0.6) is 0 Å². The van der Waals surface area contributed by atoms with Gasteiger partial charge in [0.2, 0.25) is 0 Å². The maximum Gasteiger partial charge on any atom is 0.164 e. The molecule has 0 aliphatic rings. The minimum absolute atomic E-state index is 0.605. The van der Waals surface area contributed by atoms with E-state index in [4.69, 9.17) is 23.8 Å². The number of furan rings is 2. The van der Waals surface area contributed by atoms with Crippen molar-refractivity contribution in [2.45, 2.75) is 0 Å². The van der Waals surface area contributed by atoms with Crippen molar-refractivity contribution in [1.29, 1.82) is 0 Å². The molecule has 0 unspecified atom stereocenters. The van der Waals surface area contributed by atoms with Crippen molar-refractivity contribution in [2.75, 3.05) is 0 Å². The highest BCUT2D eigenvalue weighted by molar-refractivity contribution is 6.13. The number of benzene rings is 7. The van der Waals surface area contributed by atoms with Gasteiger partial charge in [-0.2, -0.15) is 0 Å². The van der Waals surface area contributed by atoms with Gasteiger partial charge >= 0.3 is 0 Å². The number of hydrogen-bond donors (Lipinski definition) is 0. The van der Waals surface area contributed by atoms with Gasteiger partial charge < -0.3 is 8.83 Å². The van der Waals surface area contributed by atoms with Gasteiger partial charge in [0.1, 0.15) is 22.3 Å². The summed E-state index contributed by atoms with van der Waals surface area (Å²) < 4.78 is 12.4. The SMILES string of the molecule is c1ccc(-c2nc(-c3cccc(-c4cccc5oc6ccccc6c45)c3)nc(-c3cccc(-c4cccc5oc6ccccc6c45)c3)n2)cc1. The molecule has 0 spiro atoms. The first-order valence-corrected chi connectivity index (χ1v) is 16.6. The van der Waals surface area contributed by atoms with E-state index in [-0.39, 0.29) is 0 Å². The summed E-state index contributed by atoms with van der Waals surface area (Å²) in [6.07, 6.45) is 0. The minimum Gasteiger partial charge on any atom is -0.456 e. The van der Waals surface area contributed by atoms with Crippen LogP contribution >= 0.6 is 0 Å². The fourth-order valence-electron chi connectivity index (χ4n) is 7.03. The number of rotatable bonds is 5. The Labute approximate surface area is 287 Å². The molecule has 0 bridgehead atoms. The highest BCUT2D eigenvalue weighted by Crippen LogP contribution is 2.39. The van der Waals surface area contributed by atoms with Gasteiger partial charge in [0.15, 0.2) is 17.5 Å². The summed E-state index contributed by atoms with van der Waals surface area (Å²) in [5, 5.41) is 4.38. The van der Waals surface area contributed by atoms with Gasteiger partial charge in [-0.1, -0.05) is 127 Å². The molecular formula is C45H27N3O2. The third-order valence-electron chi connectivity index (χ3n) is 9.34. The summed E-state index contributed by atoms with van der Waals surface area (Å²) in [7, 11) is 0. The Balaban J connectivity index is 1.13. The van der Waals surface area contributed by atoms with E-state index in [1.807, 2.05) is 78.9 Å². The molecule has 3 aromatic heterocycles. The zero-order chi connectivity index (χ0) is 33.0. The van der Waals surface area contributed by atoms with Gasteiger partial charge in [0.05, 0.1) is 0 Å². The van der Waals surface area contributed by atoms with Crippen molar-refractivity contribution in [1.82, 2.24) is 15.0 Å². The number of aromatic nitrogens is 3. The van der Waals surface area contributed by atoms with Crippen LogP contribution in [-0.4, -0.2) is 15.0 Å². The maximum absolute atomic E-state index is 6.20. The molecule has 234 valence electrons. The molecule has 10 aromatic rings. The third-order valence-corrected chi connectivity index (χ3v) is 9.34. The van der Waals surface area contributed by atoms with Gasteiger partial charge in [0, 0.05) is 38.2 Å². The molecule has 3 heterocycles. The Hall–Kier alpha value is -6.85. The predicted octanol–water partition coefficient (Wildman–Crippen LogP) is 12.0. The van der Waals surface area contributed by atoms with Gasteiger partial charge in [0.25, 0.3) is 0 Å². The molecule has 5 heteroatoms. The van der Waals surface area contributed by atoms with Crippen LogP contribution in [0.4, 0.5) is 0 Å². The summed E-state index contributed by atoms with van der Waals surface area (Å²) >= 11 is 0. The molecule has 0 N–H and O–H groups in total. The van der Waals surface area contributed by atoms with E-state index in [0.29, 0.717) is 17.5 Å². The fourth-order valence-corrected chi connectivity index (χ4v) is 7.03. The largest absolute Gasteiger partial charge is 0.456 e. The molecule has 0 saturated heterocycles. The molecule has 50 heavy (non-hydrogen) atoms. The van der Waals surface area contributed by atoms with Crippen molar-refractivity contribution >= 4 is 43.9 Å². The Morgan fingerprint density at radius 3 is 1.20 bits per heavy atom. The lowest BCUT2D eigenvalue weighted by molar-refractivity contribution is 0.668. The van der Waals surface area contributed by atoms with Gasteiger partial charge in [-0.25, -0.2) is 15.0 Å². The van der Waals surface area contributed by atoms with Gasteiger partial charge in [-0.05, 0) is 58.7 Å². The third kappa shape index (κ3) is 4.67. The second-order valence-electron chi connectivity index (χ2n) is 12.4. The second kappa shape index (κ2) is 11.4. The monoisotopic (exact) mass is 641 g/mol. The summed E-state index contributed by atoms with van der Waals surface area (Å²) in [4.78, 5) is 15.2. The normalized spacial score (nSPS) is 11.6. The molecule has 10 rings (SSSR count). The van der Waals surface area contributed by atoms with Crippen LogP contribution in [-0.2, 0) is 0 Å². The summed E-state index contributed by atoms with van der Waals surface area (Å²) in [6, 6.07) is 55.7. The van der Waals surface area contributed by atoms with E-state index in [1.165, 1.54) is 0 Å². The molecule has 0 aliphatic carbocycles. The quantitative estimate of drug-likeness (QED) is 0.187. The highest BCUT2D eigenvalue weighted by atomic mass is 16.3. The molecule has 0 fully saturated rings. The lowest BCUT2D eigenvalue weighted by Gasteiger charge is -2.11. The van der Waals surface area contributed by atoms with Crippen LogP contribution in [0.2, 0.25) is 0 Å². The van der Waals surface area contributed by atoms with Crippen molar-refractivity contribution in [3.05, 3.63) is 164 Å². The minimum atomic E-state index is 0.605. The first-order chi connectivity index (χ1) is 24.8. The second-order valence-corrected chi connectivity index (χ2v) is 12.4. The number of para-hydroxylation sites is 2. The van der Waals surface area contributed by atoms with E-state index in [1.54, 1.807) is 0 Å². The molecule has 0 saturated carbocycles. The van der Waals surface area contributed by atoms with Crippen LogP contribution in [0.1, 0.15) is 0 Å². The van der Waals surface area contributed by atoms with E-state index < -0.39 is 0 Å². The topological polar surface area (TPSA) is 65.0 Å². The molecule has 0 radical (unpaired) electrons. The van der Waals surface area contributed by atoms with Crippen LogP contribution in [0.3, 0.4) is 0 Å². The van der Waals surface area contributed by atoms with Crippen molar-refractivity contribution in [3.8, 4) is 56.4 Å². The number of nitrogens with zero attached hydrogens (tertiary/aromatic N) is 3. The van der Waals surface area contributed by atoms with Crippen LogP contribution < -0.4 is 0 Å². The van der Waals surface area contributed by atoms with Crippen LogP contribution in [0.15, 0.2) is 173 Å². The van der Waals surface area contributed by atoms with Crippen LogP contribution in [0, 0.1) is 0 Å². The standard InChI is InChI=1S/C45H27N3O2/c1-2-12-28(13-3-1)43-46-44(31-16-8-14-29(26-31)33-20-10-24-39-41(33)35-18-4-6-22-37(35)49-39)48-45(47-43)32-17-9-15-30(27-32)34-21-11-25-40-42(34)36-19-5-7-23-38(36)50-40/h1-27H. The zero-order valence-corrected chi connectivity index (χ0v) is 26.7. The molecule has 0 aliphatic heterocycles. The molecular weight excluding hydrogens is 615 g/mol. The number of fused-ring (bicyclic) bond motifs is 6. The zero-order valence-electron chi connectivity index (χ0n) is 26.7. The highest BCUT2D eigenvalue weighted by Gasteiger charge is 2.17. The van der Waals surface area contributed by atoms with Crippen molar-refractivity contribution in [2.24, 2.45) is 0 Å². The molecule has 7 aromatic carbocycles. The van der Waals surface area contributed by atoms with Crippen molar-refractivity contribution in [3.63, 3.8) is 0 Å². The summed E-state index contributed by atoms with van der Waals surface area (Å²) in [6.45, 7) is 0. The van der Waals surface area contributed by atoms with Crippen LogP contribution in [0.25, 0.3) is 100 Å². The molecule has 5 nitrogen and oxygen atoms in total. The average Bonchev–Trinajstić information content (AvgIpc) is 3.77. The fraction of sp³-hybridized carbons (Fsp3) is 0. The van der Waals surface area contributed by atoms with Gasteiger partial charge in [-0.15, -0.1) is 0 Å². The predicted molar refractivity (Wildman–Crippen MR) is 202 cm³/mol. The molecule has 0 atom stereocenters. The van der Waals surface area contributed by atoms with Crippen molar-refractivity contribution < 1.29 is 8.83 Å². The first kappa shape index (κ1) is 28.2. The Kier molecular flexibility index (Phi) is 6.42. The number of hydrogen-bond acceptors (Lipinski definition) is 5. The lowest BCUT2D eigenvalue weighted by atomic mass is 9.97. The first-order valence-electron chi connectivity index (χ1n) is 16.6. The van der Waals surface area contributed by atoms with E-state index in [9.17, 15) is 0 Å². The Bertz CT molecular complexity index is 2710. The summed E-state index contributed by atoms with van der Waals surface area (Å²) in [5.41, 5.74) is 10.5. The lowest BCUT2D eigenvalue weighted by Crippen LogP contribution is -2.00. The van der Waals surface area contributed by atoms with E-state index >= 15 is 0 Å². The maximum atomic E-state index is 6.20. The van der Waals surface area contributed by atoms with E-state index in [0.717, 1.165) is 82.8 Å². The van der Waals surface area contributed by atoms with Gasteiger partial charge in [-0.3, -0.25) is 0 Å².